The van der Waals surface area contributed by atoms with Crippen LogP contribution in [-0.4, -0.2) is 24.0 Å². The maximum absolute atomic E-state index is 12.1. The Bertz CT molecular complexity index is 1130. The average molecular weight is 698 g/mol. The Kier molecular flexibility index (Phi) is 12.8. The SMILES string of the molecule is CC(C)CCC[C@@H](C)[C@H]1CC[C@H]2[C@@H]3CCC4CC(Oc5ccc(C=CC(=O)OCCCCCCBr)cc5)CC[C@]4(C)[C@H]3CC[C@]12C. The molecular weight excluding hydrogens is 632 g/mol. The van der Waals surface area contributed by atoms with E-state index in [1.54, 1.807) is 6.08 Å². The van der Waals surface area contributed by atoms with Crippen molar-refractivity contribution in [2.75, 3.05) is 11.9 Å². The van der Waals surface area contributed by atoms with Crippen LogP contribution >= 0.6 is 15.9 Å². The summed E-state index contributed by atoms with van der Waals surface area (Å²) in [7, 11) is 0. The first-order chi connectivity index (χ1) is 22.1. The minimum absolute atomic E-state index is 0.261. The lowest BCUT2D eigenvalue weighted by atomic mass is 9.44. The number of esters is 1. The molecule has 9 atom stereocenters. The zero-order valence-electron chi connectivity index (χ0n) is 29.9. The van der Waals surface area contributed by atoms with E-state index in [2.05, 4.69) is 74.8 Å². The standard InChI is InChI=1S/C42H65BrO3/c1-30(2)11-10-12-31(3)37-20-21-38-36-19-16-33-29-35(23-25-41(33,4)39(36)24-26-42(37,38)5)46-34-17-13-32(14-18-34)15-22-40(44)45-28-9-7-6-8-27-43/h13-15,17-18,22,30-31,33,35-39H,6-12,16,19-21,23-29H2,1-5H3/t31-,33?,35?,36+,37-,38+,39+,41+,42-/m1/s1. The van der Waals surface area contributed by atoms with Crippen LogP contribution in [0.5, 0.6) is 5.75 Å². The van der Waals surface area contributed by atoms with Crippen LogP contribution in [0.4, 0.5) is 0 Å². The third kappa shape index (κ3) is 8.46. The maximum Gasteiger partial charge on any atom is 0.330 e. The molecule has 2 unspecified atom stereocenters. The van der Waals surface area contributed by atoms with E-state index in [9.17, 15) is 4.79 Å². The molecule has 0 N–H and O–H groups in total. The Balaban J connectivity index is 1.10. The van der Waals surface area contributed by atoms with Gasteiger partial charge >= 0.3 is 5.97 Å². The lowest BCUT2D eigenvalue weighted by Gasteiger charge is -2.61. The third-order valence-electron chi connectivity index (χ3n) is 13.7. The van der Waals surface area contributed by atoms with Gasteiger partial charge < -0.3 is 9.47 Å². The van der Waals surface area contributed by atoms with Crippen molar-refractivity contribution in [3.05, 3.63) is 35.9 Å². The molecule has 0 amide bonds. The van der Waals surface area contributed by atoms with E-state index < -0.39 is 0 Å². The molecule has 0 saturated heterocycles. The lowest BCUT2D eigenvalue weighted by Crippen LogP contribution is -2.54. The molecule has 4 aliphatic rings. The van der Waals surface area contributed by atoms with Crippen LogP contribution in [0.15, 0.2) is 30.3 Å². The normalized spacial score (nSPS) is 34.6. The van der Waals surface area contributed by atoms with Crippen LogP contribution in [-0.2, 0) is 9.53 Å². The fourth-order valence-electron chi connectivity index (χ4n) is 11.1. The summed E-state index contributed by atoms with van der Waals surface area (Å²) in [5, 5.41) is 1.04. The molecule has 4 aliphatic carbocycles. The minimum Gasteiger partial charge on any atom is -0.490 e. The summed E-state index contributed by atoms with van der Waals surface area (Å²) in [4.78, 5) is 12.1. The van der Waals surface area contributed by atoms with Crippen molar-refractivity contribution in [1.29, 1.82) is 0 Å². The summed E-state index contributed by atoms with van der Waals surface area (Å²) in [6.45, 7) is 13.3. The molecule has 0 heterocycles. The van der Waals surface area contributed by atoms with Gasteiger partial charge in [0.2, 0.25) is 0 Å². The summed E-state index contributed by atoms with van der Waals surface area (Å²) >= 11 is 3.46. The molecule has 4 heteroatoms. The van der Waals surface area contributed by atoms with Crippen molar-refractivity contribution in [2.24, 2.45) is 52.3 Å². The molecule has 0 bridgehead atoms. The second-order valence-electron chi connectivity index (χ2n) is 16.9. The van der Waals surface area contributed by atoms with Crippen molar-refractivity contribution >= 4 is 28.0 Å². The van der Waals surface area contributed by atoms with E-state index in [-0.39, 0.29) is 5.97 Å². The van der Waals surface area contributed by atoms with Crippen LogP contribution in [0.25, 0.3) is 6.08 Å². The number of carbonyl (C=O) groups excluding carboxylic acids is 1. The summed E-state index contributed by atoms with van der Waals surface area (Å²) in [5.74, 6) is 6.98. The fourth-order valence-corrected chi connectivity index (χ4v) is 11.5. The van der Waals surface area contributed by atoms with Gasteiger partial charge in [0.25, 0.3) is 0 Å². The number of ether oxygens (including phenoxy) is 2. The predicted molar refractivity (Wildman–Crippen MR) is 196 cm³/mol. The number of carbonyl (C=O) groups is 1. The molecule has 0 aliphatic heterocycles. The Morgan fingerprint density at radius 2 is 1.61 bits per heavy atom. The molecule has 0 spiro atoms. The van der Waals surface area contributed by atoms with Gasteiger partial charge in [0.1, 0.15) is 5.75 Å². The quantitative estimate of drug-likeness (QED) is 0.0792. The molecule has 1 aromatic rings. The van der Waals surface area contributed by atoms with Crippen LogP contribution in [0.1, 0.15) is 143 Å². The van der Waals surface area contributed by atoms with E-state index in [1.165, 1.54) is 89.9 Å². The number of unbranched alkanes of at least 4 members (excludes halogenated alkanes) is 3. The fraction of sp³-hybridized carbons (Fsp3) is 0.786. The molecule has 0 aromatic heterocycles. The number of fused-ring (bicyclic) bond motifs is 5. The second kappa shape index (κ2) is 16.4. The molecule has 4 saturated carbocycles. The monoisotopic (exact) mass is 696 g/mol. The number of halogens is 1. The highest BCUT2D eigenvalue weighted by Crippen LogP contribution is 2.68. The van der Waals surface area contributed by atoms with Crippen molar-refractivity contribution in [1.82, 2.24) is 0 Å². The van der Waals surface area contributed by atoms with Crippen LogP contribution in [0.3, 0.4) is 0 Å². The van der Waals surface area contributed by atoms with E-state index in [0.29, 0.717) is 23.5 Å². The first-order valence-corrected chi connectivity index (χ1v) is 20.4. The Hall–Kier alpha value is -1.29. The van der Waals surface area contributed by atoms with Gasteiger partial charge in [-0.25, -0.2) is 4.79 Å². The Morgan fingerprint density at radius 1 is 0.870 bits per heavy atom. The van der Waals surface area contributed by atoms with Crippen LogP contribution in [0.2, 0.25) is 0 Å². The minimum atomic E-state index is -0.261. The number of benzene rings is 1. The molecule has 4 fully saturated rings. The Morgan fingerprint density at radius 3 is 2.37 bits per heavy atom. The number of hydrogen-bond acceptors (Lipinski definition) is 3. The topological polar surface area (TPSA) is 35.5 Å². The number of rotatable bonds is 15. The maximum atomic E-state index is 12.1. The summed E-state index contributed by atoms with van der Waals surface area (Å²) in [5.41, 5.74) is 2.07. The van der Waals surface area contributed by atoms with Crippen molar-refractivity contribution in [2.45, 2.75) is 143 Å². The van der Waals surface area contributed by atoms with Gasteiger partial charge in [-0.1, -0.05) is 94.8 Å². The largest absolute Gasteiger partial charge is 0.490 e. The van der Waals surface area contributed by atoms with Crippen LogP contribution in [0, 0.1) is 52.3 Å². The first kappa shape index (κ1) is 36.0. The van der Waals surface area contributed by atoms with Crippen molar-refractivity contribution < 1.29 is 14.3 Å². The predicted octanol–water partition coefficient (Wildman–Crippen LogP) is 12.1. The molecule has 0 radical (unpaired) electrons. The molecule has 46 heavy (non-hydrogen) atoms. The van der Waals surface area contributed by atoms with Gasteiger partial charge in [0, 0.05) is 11.4 Å². The highest BCUT2D eigenvalue weighted by atomic mass is 79.9. The van der Waals surface area contributed by atoms with E-state index >= 15 is 0 Å². The smallest absolute Gasteiger partial charge is 0.330 e. The van der Waals surface area contributed by atoms with Crippen molar-refractivity contribution in [3.8, 4) is 5.75 Å². The zero-order chi connectivity index (χ0) is 32.7. The molecular formula is C42H65BrO3. The average Bonchev–Trinajstić information content (AvgIpc) is 3.39. The summed E-state index contributed by atoms with van der Waals surface area (Å²) in [6, 6.07) is 8.25. The molecule has 1 aromatic carbocycles. The number of hydrogen-bond donors (Lipinski definition) is 0. The van der Waals surface area contributed by atoms with Gasteiger partial charge in [-0.2, -0.15) is 0 Å². The summed E-state index contributed by atoms with van der Waals surface area (Å²) < 4.78 is 12.0. The van der Waals surface area contributed by atoms with Crippen LogP contribution < -0.4 is 4.74 Å². The van der Waals surface area contributed by atoms with Crippen molar-refractivity contribution in [3.63, 3.8) is 0 Å². The van der Waals surface area contributed by atoms with Gasteiger partial charge in [0.15, 0.2) is 0 Å². The second-order valence-corrected chi connectivity index (χ2v) is 17.7. The van der Waals surface area contributed by atoms with E-state index in [0.717, 1.165) is 70.9 Å². The summed E-state index contributed by atoms with van der Waals surface area (Å²) in [6.07, 6.45) is 24.8. The molecule has 5 rings (SSSR count). The van der Waals surface area contributed by atoms with Gasteiger partial charge in [-0.15, -0.1) is 0 Å². The van der Waals surface area contributed by atoms with Gasteiger partial charge in [0.05, 0.1) is 12.7 Å². The molecule has 3 nitrogen and oxygen atoms in total. The highest BCUT2D eigenvalue weighted by molar-refractivity contribution is 9.09. The first-order valence-electron chi connectivity index (χ1n) is 19.3. The lowest BCUT2D eigenvalue weighted by molar-refractivity contribution is -0.137. The van der Waals surface area contributed by atoms with Gasteiger partial charge in [-0.3, -0.25) is 0 Å². The third-order valence-corrected chi connectivity index (χ3v) is 14.2. The highest BCUT2D eigenvalue weighted by Gasteiger charge is 2.60. The van der Waals surface area contributed by atoms with E-state index in [1.807, 2.05) is 6.08 Å². The Labute approximate surface area is 290 Å². The molecule has 258 valence electrons. The van der Waals surface area contributed by atoms with E-state index in [4.69, 9.17) is 9.47 Å². The zero-order valence-corrected chi connectivity index (χ0v) is 31.5. The van der Waals surface area contributed by atoms with Gasteiger partial charge in [-0.05, 0) is 147 Å². The number of alkyl halides is 1.